The number of rotatable bonds is 20. The molecule has 1 rings (SSSR count). The highest BCUT2D eigenvalue weighted by Crippen LogP contribution is 2.21. The van der Waals surface area contributed by atoms with Gasteiger partial charge in [0, 0.05) is 23.9 Å². The monoisotopic (exact) mass is 478 g/mol. The minimum atomic E-state index is 0.0603. The Hall–Kier alpha value is -1.06. The summed E-state index contributed by atoms with van der Waals surface area (Å²) in [5.41, 5.74) is 0. The second-order valence-electron chi connectivity index (χ2n) is 11.1. The van der Waals surface area contributed by atoms with E-state index in [0.717, 1.165) is 51.4 Å². The molecule has 0 saturated heterocycles. The molecule has 1 saturated carbocycles. The molecule has 34 heavy (non-hydrogen) atoms. The third kappa shape index (κ3) is 14.4. The average Bonchev–Trinajstić information content (AvgIpc) is 2.83. The molecule has 0 aromatic carbocycles. The molecular formula is C30H58N2O2. The molecule has 1 fully saturated rings. The van der Waals surface area contributed by atoms with Gasteiger partial charge in [-0.05, 0) is 25.7 Å². The van der Waals surface area contributed by atoms with Gasteiger partial charge in [0.15, 0.2) is 0 Å². The molecule has 1 aliphatic carbocycles. The standard InChI is InChI=1S/C30H58N2O2/c1-5-7-9-11-13-15-17-21-25(3)29(33)31-27-23-19-20-24-28(27)32-30(34)26(4)22-18-16-14-12-10-8-6-2/h25-28H,5-24H2,1-4H3,(H,31,33)(H,32,34)/t25?,26?,27-,28+. The third-order valence-electron chi connectivity index (χ3n) is 7.80. The minimum Gasteiger partial charge on any atom is -0.351 e. The van der Waals surface area contributed by atoms with Crippen LogP contribution in [0.5, 0.6) is 0 Å². The topological polar surface area (TPSA) is 58.2 Å². The molecule has 0 bridgehead atoms. The van der Waals surface area contributed by atoms with Crippen molar-refractivity contribution in [2.75, 3.05) is 0 Å². The molecule has 4 atom stereocenters. The normalized spacial score (nSPS) is 20.0. The lowest BCUT2D eigenvalue weighted by molar-refractivity contribution is -0.128. The van der Waals surface area contributed by atoms with Crippen LogP contribution in [-0.2, 0) is 9.59 Å². The zero-order chi connectivity index (χ0) is 25.0. The number of amides is 2. The van der Waals surface area contributed by atoms with Gasteiger partial charge < -0.3 is 10.6 Å². The zero-order valence-corrected chi connectivity index (χ0v) is 23.3. The van der Waals surface area contributed by atoms with Crippen molar-refractivity contribution in [2.24, 2.45) is 11.8 Å². The highest BCUT2D eigenvalue weighted by Gasteiger charge is 2.29. The Morgan fingerprint density at radius 2 is 0.912 bits per heavy atom. The summed E-state index contributed by atoms with van der Waals surface area (Å²) >= 11 is 0. The van der Waals surface area contributed by atoms with Crippen LogP contribution in [-0.4, -0.2) is 23.9 Å². The fourth-order valence-corrected chi connectivity index (χ4v) is 5.20. The maximum Gasteiger partial charge on any atom is 0.223 e. The van der Waals surface area contributed by atoms with Crippen LogP contribution >= 0.6 is 0 Å². The Bertz CT molecular complexity index is 476. The second-order valence-corrected chi connectivity index (χ2v) is 11.1. The third-order valence-corrected chi connectivity index (χ3v) is 7.80. The Balaban J connectivity index is 2.29. The fourth-order valence-electron chi connectivity index (χ4n) is 5.20. The van der Waals surface area contributed by atoms with E-state index < -0.39 is 0 Å². The van der Waals surface area contributed by atoms with Crippen LogP contribution in [0.1, 0.15) is 156 Å². The molecule has 0 spiro atoms. The van der Waals surface area contributed by atoms with Crippen LogP contribution in [0, 0.1) is 11.8 Å². The van der Waals surface area contributed by atoms with Gasteiger partial charge in [0.1, 0.15) is 0 Å². The first-order chi connectivity index (χ1) is 16.5. The maximum absolute atomic E-state index is 12.8. The lowest BCUT2D eigenvalue weighted by atomic mass is 9.89. The van der Waals surface area contributed by atoms with E-state index >= 15 is 0 Å². The second kappa shape index (κ2) is 20.2. The predicted octanol–water partition coefficient (Wildman–Crippen LogP) is 8.08. The molecule has 0 aromatic heterocycles. The summed E-state index contributed by atoms with van der Waals surface area (Å²) in [5.74, 6) is 0.469. The van der Waals surface area contributed by atoms with Crippen LogP contribution in [0.3, 0.4) is 0 Å². The number of carbonyl (C=O) groups excluding carboxylic acids is 2. The first-order valence-corrected chi connectivity index (χ1v) is 15.1. The maximum atomic E-state index is 12.8. The average molecular weight is 479 g/mol. The molecule has 0 heterocycles. The zero-order valence-electron chi connectivity index (χ0n) is 23.3. The molecule has 200 valence electrons. The van der Waals surface area contributed by atoms with E-state index in [0.29, 0.717) is 0 Å². The summed E-state index contributed by atoms with van der Waals surface area (Å²) < 4.78 is 0. The highest BCUT2D eigenvalue weighted by molar-refractivity contribution is 5.80. The van der Waals surface area contributed by atoms with Crippen LogP contribution in [0.15, 0.2) is 0 Å². The molecular weight excluding hydrogens is 420 g/mol. The number of carbonyl (C=O) groups is 2. The molecule has 0 radical (unpaired) electrons. The fraction of sp³-hybridized carbons (Fsp3) is 0.933. The molecule has 1 aliphatic rings. The Morgan fingerprint density at radius 1 is 0.588 bits per heavy atom. The molecule has 2 unspecified atom stereocenters. The van der Waals surface area contributed by atoms with E-state index in [1.807, 2.05) is 0 Å². The lowest BCUT2D eigenvalue weighted by Gasteiger charge is -2.34. The van der Waals surface area contributed by atoms with Gasteiger partial charge in [-0.25, -0.2) is 0 Å². The van der Waals surface area contributed by atoms with Crippen LogP contribution in [0.2, 0.25) is 0 Å². The van der Waals surface area contributed by atoms with Crippen molar-refractivity contribution in [1.82, 2.24) is 10.6 Å². The van der Waals surface area contributed by atoms with Crippen molar-refractivity contribution < 1.29 is 9.59 Å². The van der Waals surface area contributed by atoms with E-state index in [1.54, 1.807) is 0 Å². The van der Waals surface area contributed by atoms with Crippen molar-refractivity contribution in [3.63, 3.8) is 0 Å². The van der Waals surface area contributed by atoms with E-state index in [1.165, 1.54) is 77.0 Å². The molecule has 0 aliphatic heterocycles. The molecule has 2 N–H and O–H groups in total. The summed E-state index contributed by atoms with van der Waals surface area (Å²) in [6.07, 6.45) is 24.1. The van der Waals surface area contributed by atoms with Crippen molar-refractivity contribution in [1.29, 1.82) is 0 Å². The predicted molar refractivity (Wildman–Crippen MR) is 146 cm³/mol. The van der Waals surface area contributed by atoms with E-state index in [9.17, 15) is 9.59 Å². The van der Waals surface area contributed by atoms with Gasteiger partial charge >= 0.3 is 0 Å². The molecule has 0 aromatic rings. The van der Waals surface area contributed by atoms with Crippen LogP contribution < -0.4 is 10.6 Å². The van der Waals surface area contributed by atoms with Gasteiger partial charge in [0.25, 0.3) is 0 Å². The highest BCUT2D eigenvalue weighted by atomic mass is 16.2. The molecule has 4 nitrogen and oxygen atoms in total. The van der Waals surface area contributed by atoms with Crippen LogP contribution in [0.25, 0.3) is 0 Å². The smallest absolute Gasteiger partial charge is 0.223 e. The lowest BCUT2D eigenvalue weighted by Crippen LogP contribution is -2.54. The van der Waals surface area contributed by atoms with Crippen molar-refractivity contribution >= 4 is 11.8 Å². The van der Waals surface area contributed by atoms with Gasteiger partial charge in [-0.15, -0.1) is 0 Å². The number of nitrogens with one attached hydrogen (secondary N) is 2. The Morgan fingerprint density at radius 3 is 1.26 bits per heavy atom. The van der Waals surface area contributed by atoms with Crippen molar-refractivity contribution in [3.8, 4) is 0 Å². The summed E-state index contributed by atoms with van der Waals surface area (Å²) in [7, 11) is 0. The van der Waals surface area contributed by atoms with Gasteiger partial charge in [-0.1, -0.05) is 130 Å². The summed E-state index contributed by atoms with van der Waals surface area (Å²) in [4.78, 5) is 25.7. The number of unbranched alkanes of at least 4 members (excludes halogenated alkanes) is 12. The van der Waals surface area contributed by atoms with E-state index in [-0.39, 0.29) is 35.7 Å². The number of hydrogen-bond donors (Lipinski definition) is 2. The largest absolute Gasteiger partial charge is 0.351 e. The summed E-state index contributed by atoms with van der Waals surface area (Å²) in [6, 6.07) is 0.180. The first kappa shape index (κ1) is 31.0. The summed E-state index contributed by atoms with van der Waals surface area (Å²) in [5, 5.41) is 6.61. The first-order valence-electron chi connectivity index (χ1n) is 15.1. The van der Waals surface area contributed by atoms with Crippen molar-refractivity contribution in [2.45, 2.75) is 168 Å². The van der Waals surface area contributed by atoms with Gasteiger partial charge in [0.05, 0.1) is 0 Å². The quantitative estimate of drug-likeness (QED) is 0.174. The van der Waals surface area contributed by atoms with Crippen molar-refractivity contribution in [3.05, 3.63) is 0 Å². The molecule has 4 heteroatoms. The van der Waals surface area contributed by atoms with E-state index in [4.69, 9.17) is 0 Å². The minimum absolute atomic E-state index is 0.0603. The Kier molecular flexibility index (Phi) is 18.4. The molecule has 2 amide bonds. The van der Waals surface area contributed by atoms with Crippen LogP contribution in [0.4, 0.5) is 0 Å². The van der Waals surface area contributed by atoms with Gasteiger partial charge in [0.2, 0.25) is 11.8 Å². The number of hydrogen-bond acceptors (Lipinski definition) is 2. The SMILES string of the molecule is CCCCCCCCCC(C)C(=O)N[C@H]1CCCC[C@H]1NC(=O)C(C)CCCCCCCCC. The summed E-state index contributed by atoms with van der Waals surface area (Å²) in [6.45, 7) is 8.63. The van der Waals surface area contributed by atoms with E-state index in [2.05, 4.69) is 38.3 Å². The Labute approximate surface area is 212 Å². The van der Waals surface area contributed by atoms with Gasteiger partial charge in [-0.2, -0.15) is 0 Å². The van der Waals surface area contributed by atoms with Gasteiger partial charge in [-0.3, -0.25) is 9.59 Å².